The van der Waals surface area contributed by atoms with Crippen LogP contribution in [0.3, 0.4) is 0 Å². The van der Waals surface area contributed by atoms with E-state index in [0.29, 0.717) is 0 Å². The molecule has 0 aliphatic heterocycles. The lowest BCUT2D eigenvalue weighted by molar-refractivity contribution is -0.106. The third-order valence-corrected chi connectivity index (χ3v) is 4.50. The molecule has 1 rings (SSSR count). The topological polar surface area (TPSA) is 55.8 Å². The first-order valence-corrected chi connectivity index (χ1v) is 6.94. The molecule has 18 heavy (non-hydrogen) atoms. The minimum atomic E-state index is -3.50. The van der Waals surface area contributed by atoms with E-state index in [0.717, 1.165) is 5.56 Å². The van der Waals surface area contributed by atoms with Crippen LogP contribution in [0.2, 0.25) is 0 Å². The average Bonchev–Trinajstić information content (AvgIpc) is 2.36. The zero-order chi connectivity index (χ0) is 13.8. The van der Waals surface area contributed by atoms with Crippen LogP contribution in [0.25, 0.3) is 0 Å². The molecule has 0 unspecified atom stereocenters. The average molecular weight is 273 g/mol. The lowest BCUT2D eigenvalue weighted by atomic mass is 10.2. The van der Waals surface area contributed by atoms with Crippen molar-refractivity contribution in [2.75, 3.05) is 27.8 Å². The van der Waals surface area contributed by atoms with Gasteiger partial charge in [-0.2, -0.15) is 4.31 Å². The fourth-order valence-electron chi connectivity index (χ4n) is 1.44. The van der Waals surface area contributed by atoms with Crippen LogP contribution in [-0.4, -0.2) is 46.8 Å². The standard InChI is InChI=1S/C12H19NO4S/c1-10-5-7-11(8-6-10)18(14,15)13(2)9-12(16-3)17-4/h5-8,12H,9H2,1-4H3. The molecule has 0 radical (unpaired) electrons. The summed E-state index contributed by atoms with van der Waals surface area (Å²) in [6, 6.07) is 6.72. The molecule has 0 aromatic heterocycles. The summed E-state index contributed by atoms with van der Waals surface area (Å²) < 4.78 is 35.7. The molecule has 0 fully saturated rings. The largest absolute Gasteiger partial charge is 0.355 e. The molecule has 0 spiro atoms. The maximum absolute atomic E-state index is 12.2. The fraction of sp³-hybridized carbons (Fsp3) is 0.500. The van der Waals surface area contributed by atoms with E-state index >= 15 is 0 Å². The van der Waals surface area contributed by atoms with Crippen LogP contribution in [-0.2, 0) is 19.5 Å². The highest BCUT2D eigenvalue weighted by Crippen LogP contribution is 2.15. The number of methoxy groups -OCH3 is 2. The van der Waals surface area contributed by atoms with Crippen molar-refractivity contribution < 1.29 is 17.9 Å². The molecule has 0 saturated heterocycles. The highest BCUT2D eigenvalue weighted by atomic mass is 32.2. The number of aryl methyl sites for hydroxylation is 1. The first kappa shape index (κ1) is 15.1. The molecule has 1 aromatic carbocycles. The van der Waals surface area contributed by atoms with Crippen molar-refractivity contribution >= 4 is 10.0 Å². The summed E-state index contributed by atoms with van der Waals surface area (Å²) in [4.78, 5) is 0.265. The lowest BCUT2D eigenvalue weighted by Gasteiger charge is -2.21. The molecule has 5 nitrogen and oxygen atoms in total. The smallest absolute Gasteiger partial charge is 0.242 e. The quantitative estimate of drug-likeness (QED) is 0.732. The van der Waals surface area contributed by atoms with Gasteiger partial charge in [-0.25, -0.2) is 8.42 Å². The zero-order valence-corrected chi connectivity index (χ0v) is 11.9. The van der Waals surface area contributed by atoms with Gasteiger partial charge >= 0.3 is 0 Å². The van der Waals surface area contributed by atoms with Gasteiger partial charge in [0.1, 0.15) is 0 Å². The normalized spacial score (nSPS) is 12.3. The predicted molar refractivity (Wildman–Crippen MR) is 68.8 cm³/mol. The van der Waals surface area contributed by atoms with Gasteiger partial charge in [-0.15, -0.1) is 0 Å². The molecule has 0 aliphatic carbocycles. The predicted octanol–water partition coefficient (Wildman–Crippen LogP) is 1.23. The summed E-state index contributed by atoms with van der Waals surface area (Å²) in [5.41, 5.74) is 1.02. The van der Waals surface area contributed by atoms with Gasteiger partial charge in [-0.05, 0) is 19.1 Å². The molecule has 0 atom stereocenters. The molecule has 1 aromatic rings. The van der Waals surface area contributed by atoms with Crippen LogP contribution >= 0.6 is 0 Å². The summed E-state index contributed by atoms with van der Waals surface area (Å²) in [5.74, 6) is 0. The minimum absolute atomic E-state index is 0.142. The van der Waals surface area contributed by atoms with E-state index in [9.17, 15) is 8.42 Å². The van der Waals surface area contributed by atoms with Crippen molar-refractivity contribution in [3.8, 4) is 0 Å². The molecule has 102 valence electrons. The third-order valence-electron chi connectivity index (χ3n) is 2.66. The van der Waals surface area contributed by atoms with Crippen molar-refractivity contribution in [3.63, 3.8) is 0 Å². The van der Waals surface area contributed by atoms with E-state index < -0.39 is 16.3 Å². The second kappa shape index (κ2) is 6.29. The SMILES string of the molecule is COC(CN(C)S(=O)(=O)c1ccc(C)cc1)OC. The Balaban J connectivity index is 2.89. The van der Waals surface area contributed by atoms with Gasteiger partial charge in [0, 0.05) is 21.3 Å². The Bertz CT molecular complexity index is 465. The molecule has 0 heterocycles. The first-order valence-electron chi connectivity index (χ1n) is 5.50. The summed E-state index contributed by atoms with van der Waals surface area (Å²) in [6.07, 6.45) is -0.574. The zero-order valence-electron chi connectivity index (χ0n) is 11.1. The van der Waals surface area contributed by atoms with Crippen LogP contribution in [0.1, 0.15) is 5.56 Å². The monoisotopic (exact) mass is 273 g/mol. The maximum atomic E-state index is 12.2. The summed E-state index contributed by atoms with van der Waals surface area (Å²) in [7, 11) is 0.948. The van der Waals surface area contributed by atoms with E-state index in [1.165, 1.54) is 25.6 Å². The Labute approximate surface area is 108 Å². The molecular formula is C12H19NO4S. The van der Waals surface area contributed by atoms with Crippen molar-refractivity contribution in [3.05, 3.63) is 29.8 Å². The summed E-state index contributed by atoms with van der Waals surface area (Å²) in [5, 5.41) is 0. The van der Waals surface area contributed by atoms with E-state index in [1.807, 2.05) is 6.92 Å². The highest BCUT2D eigenvalue weighted by molar-refractivity contribution is 7.89. The Hall–Kier alpha value is -0.950. The molecule has 0 aliphatic rings. The number of ether oxygens (including phenoxy) is 2. The van der Waals surface area contributed by atoms with Gasteiger partial charge < -0.3 is 9.47 Å². The summed E-state index contributed by atoms with van der Waals surface area (Å²) >= 11 is 0. The molecule has 0 bridgehead atoms. The fourth-order valence-corrected chi connectivity index (χ4v) is 2.60. The number of benzene rings is 1. The number of sulfonamides is 1. The molecular weight excluding hydrogens is 254 g/mol. The molecule has 0 amide bonds. The van der Waals surface area contributed by atoms with Gasteiger partial charge in [0.2, 0.25) is 10.0 Å². The van der Waals surface area contributed by atoms with Crippen LogP contribution in [0.4, 0.5) is 0 Å². The van der Waals surface area contributed by atoms with Crippen LogP contribution < -0.4 is 0 Å². The number of likely N-dealkylation sites (N-methyl/N-ethyl adjacent to an activating group) is 1. The molecule has 6 heteroatoms. The lowest BCUT2D eigenvalue weighted by Crippen LogP contribution is -2.36. The van der Waals surface area contributed by atoms with Gasteiger partial charge in [0.25, 0.3) is 0 Å². The Kier molecular flexibility index (Phi) is 5.28. The number of hydrogen-bond donors (Lipinski definition) is 0. The van der Waals surface area contributed by atoms with Crippen LogP contribution in [0.15, 0.2) is 29.2 Å². The summed E-state index contributed by atoms with van der Waals surface area (Å²) in [6.45, 7) is 2.05. The van der Waals surface area contributed by atoms with Crippen LogP contribution in [0.5, 0.6) is 0 Å². The van der Waals surface area contributed by atoms with E-state index in [4.69, 9.17) is 9.47 Å². The van der Waals surface area contributed by atoms with Crippen LogP contribution in [0, 0.1) is 6.92 Å². The van der Waals surface area contributed by atoms with Crippen molar-refractivity contribution in [2.24, 2.45) is 0 Å². The molecule has 0 N–H and O–H groups in total. The van der Waals surface area contributed by atoms with E-state index in [-0.39, 0.29) is 11.4 Å². The Morgan fingerprint density at radius 2 is 1.67 bits per heavy atom. The second-order valence-electron chi connectivity index (χ2n) is 4.00. The minimum Gasteiger partial charge on any atom is -0.355 e. The van der Waals surface area contributed by atoms with E-state index in [1.54, 1.807) is 24.3 Å². The van der Waals surface area contributed by atoms with Gasteiger partial charge in [-0.3, -0.25) is 0 Å². The first-order chi connectivity index (χ1) is 8.41. The molecule has 0 saturated carbocycles. The van der Waals surface area contributed by atoms with E-state index in [2.05, 4.69) is 0 Å². The highest BCUT2D eigenvalue weighted by Gasteiger charge is 2.23. The van der Waals surface area contributed by atoms with Gasteiger partial charge in [-0.1, -0.05) is 17.7 Å². The maximum Gasteiger partial charge on any atom is 0.242 e. The third kappa shape index (κ3) is 3.52. The second-order valence-corrected chi connectivity index (χ2v) is 6.04. The number of nitrogens with zero attached hydrogens (tertiary/aromatic N) is 1. The van der Waals surface area contributed by atoms with Gasteiger partial charge in [0.15, 0.2) is 6.29 Å². The number of hydrogen-bond acceptors (Lipinski definition) is 4. The number of rotatable bonds is 6. The Morgan fingerprint density at radius 3 is 2.11 bits per heavy atom. The van der Waals surface area contributed by atoms with Gasteiger partial charge in [0.05, 0.1) is 11.4 Å². The van der Waals surface area contributed by atoms with Crippen molar-refractivity contribution in [1.29, 1.82) is 0 Å². The Morgan fingerprint density at radius 1 is 1.17 bits per heavy atom. The van der Waals surface area contributed by atoms with Crippen molar-refractivity contribution in [1.82, 2.24) is 4.31 Å². The van der Waals surface area contributed by atoms with Crippen molar-refractivity contribution in [2.45, 2.75) is 18.1 Å².